The van der Waals surface area contributed by atoms with Crippen molar-refractivity contribution in [3.63, 3.8) is 0 Å². The maximum atomic E-state index is 13.8. The molecule has 0 amide bonds. The van der Waals surface area contributed by atoms with Gasteiger partial charge in [0.2, 0.25) is 0 Å². The van der Waals surface area contributed by atoms with Crippen molar-refractivity contribution < 1.29 is 13.4 Å². The van der Waals surface area contributed by atoms with Crippen LogP contribution in [0.4, 0.5) is 4.39 Å². The van der Waals surface area contributed by atoms with Gasteiger partial charge in [-0.3, -0.25) is 0 Å². The molecule has 2 aromatic heterocycles. The zero-order valence-electron chi connectivity index (χ0n) is 20.0. The number of hydrogen-bond acceptors (Lipinski definition) is 2. The van der Waals surface area contributed by atoms with E-state index in [4.69, 9.17) is 4.42 Å². The summed E-state index contributed by atoms with van der Waals surface area (Å²) in [5.74, 6) is 1.74. The number of fused-ring (bicyclic) bond motifs is 2. The molecule has 0 bridgehead atoms. The normalized spacial score (nSPS) is 12.0. The van der Waals surface area contributed by atoms with Crippen LogP contribution in [0.25, 0.3) is 39.2 Å². The molecule has 3 aromatic carbocycles. The monoisotopic (exact) mass is 442 g/mol. The first-order chi connectivity index (χ1) is 15.8. The topological polar surface area (TPSA) is 34.8 Å². The second-order valence-corrected chi connectivity index (χ2v) is 9.35. The number of para-hydroxylation sites is 3. The first kappa shape index (κ1) is 21.4. The number of aromatic nitrogens is 3. The third-order valence-corrected chi connectivity index (χ3v) is 6.61. The van der Waals surface area contributed by atoms with Gasteiger partial charge in [0.25, 0.3) is 5.82 Å². The van der Waals surface area contributed by atoms with Crippen molar-refractivity contribution in [3.8, 4) is 17.1 Å². The molecule has 0 unspecified atom stereocenters. The zero-order chi connectivity index (χ0) is 23.4. The maximum Gasteiger partial charge on any atom is 0.382 e. The maximum absolute atomic E-state index is 13.8. The summed E-state index contributed by atoms with van der Waals surface area (Å²) < 4.78 is 23.6. The molecule has 0 radical (unpaired) electrons. The molecule has 5 aromatic rings. The van der Waals surface area contributed by atoms with E-state index in [-0.39, 0.29) is 0 Å². The molecule has 0 spiro atoms. The highest BCUT2D eigenvalue weighted by Gasteiger charge is 2.31. The van der Waals surface area contributed by atoms with Crippen LogP contribution in [0.15, 0.2) is 59.0 Å². The van der Waals surface area contributed by atoms with Crippen molar-refractivity contribution in [2.45, 2.75) is 46.5 Å². The van der Waals surface area contributed by atoms with Gasteiger partial charge in [-0.15, -0.1) is 4.39 Å². The summed E-state index contributed by atoms with van der Waals surface area (Å²) >= 11 is 0. The molecule has 4 nitrogen and oxygen atoms in total. The summed E-state index contributed by atoms with van der Waals surface area (Å²) in [4.78, 5) is 4.02. The molecule has 0 saturated heterocycles. The third-order valence-electron chi connectivity index (χ3n) is 6.61. The predicted octanol–water partition coefficient (Wildman–Crippen LogP) is 6.96. The third kappa shape index (κ3) is 3.26. The van der Waals surface area contributed by atoms with Crippen LogP contribution < -0.4 is 4.57 Å². The second kappa shape index (κ2) is 7.84. The number of oxazole rings is 1. The Hall–Kier alpha value is -3.47. The van der Waals surface area contributed by atoms with Crippen molar-refractivity contribution in [2.24, 2.45) is 7.05 Å². The number of aryl methyl sites for hydroxylation is 2. The van der Waals surface area contributed by atoms with Gasteiger partial charge in [-0.05, 0) is 48.6 Å². The molecule has 0 fully saturated rings. The quantitative estimate of drug-likeness (QED) is 0.282. The van der Waals surface area contributed by atoms with Crippen LogP contribution in [0.1, 0.15) is 56.2 Å². The number of benzene rings is 3. The summed E-state index contributed by atoms with van der Waals surface area (Å²) in [5, 5.41) is 0. The highest BCUT2D eigenvalue weighted by molar-refractivity contribution is 5.86. The summed E-state index contributed by atoms with van der Waals surface area (Å²) in [7, 11) is 2.09. The Bertz CT molecular complexity index is 1480. The van der Waals surface area contributed by atoms with Crippen LogP contribution in [0.5, 0.6) is 0 Å². The van der Waals surface area contributed by atoms with E-state index < -0.39 is 6.14 Å². The Kier molecular flexibility index (Phi) is 5.08. The lowest BCUT2D eigenvalue weighted by Crippen LogP contribution is -2.30. The molecule has 0 aliphatic heterocycles. The molecule has 0 N–H and O–H groups in total. The average Bonchev–Trinajstić information content (AvgIpc) is 3.31. The van der Waals surface area contributed by atoms with E-state index >= 15 is 0 Å². The van der Waals surface area contributed by atoms with Crippen LogP contribution in [0, 0.1) is 13.1 Å². The Morgan fingerprint density at radius 1 is 0.909 bits per heavy atom. The molecule has 0 saturated carbocycles. The van der Waals surface area contributed by atoms with E-state index in [9.17, 15) is 4.39 Å². The van der Waals surface area contributed by atoms with Crippen LogP contribution in [0.3, 0.4) is 0 Å². The van der Waals surface area contributed by atoms with Crippen LogP contribution in [-0.4, -0.2) is 9.55 Å². The molecular formula is C28H29FN3O+. The van der Waals surface area contributed by atoms with E-state index in [0.29, 0.717) is 22.9 Å². The standard InChI is InChI=1S/C28H29FN3O/c1-16(2)19-10-9-11-20(17(3)4)26(19)32-23-13-8-7-12-22(23)31(6)27(32)21-14-15-24-25(18(21)5)30-28(29)33-24/h7-17H,1-6H3/q+1. The Balaban J connectivity index is 1.97. The van der Waals surface area contributed by atoms with Gasteiger partial charge in [0, 0.05) is 11.1 Å². The average molecular weight is 443 g/mol. The lowest BCUT2D eigenvalue weighted by atomic mass is 9.92. The van der Waals surface area contributed by atoms with Gasteiger partial charge in [-0.1, -0.05) is 58.0 Å². The van der Waals surface area contributed by atoms with E-state index in [2.05, 4.69) is 91.3 Å². The number of hydrogen-bond donors (Lipinski definition) is 0. The lowest BCUT2D eigenvalue weighted by molar-refractivity contribution is -0.633. The minimum atomic E-state index is -0.803. The number of imidazole rings is 1. The van der Waals surface area contributed by atoms with Gasteiger partial charge < -0.3 is 4.42 Å². The fraction of sp³-hybridized carbons (Fsp3) is 0.286. The Morgan fingerprint density at radius 3 is 2.24 bits per heavy atom. The number of rotatable bonds is 4. The van der Waals surface area contributed by atoms with Gasteiger partial charge in [-0.25, -0.2) is 4.57 Å². The van der Waals surface area contributed by atoms with Crippen molar-refractivity contribution >= 4 is 22.1 Å². The number of halogens is 1. The Labute approximate surface area is 193 Å². The van der Waals surface area contributed by atoms with Gasteiger partial charge >= 0.3 is 6.14 Å². The molecule has 0 aliphatic rings. The van der Waals surface area contributed by atoms with E-state index in [0.717, 1.165) is 28.0 Å². The van der Waals surface area contributed by atoms with E-state index in [1.54, 1.807) is 0 Å². The lowest BCUT2D eigenvalue weighted by Gasteiger charge is -2.18. The molecule has 168 valence electrons. The minimum Gasteiger partial charge on any atom is -0.415 e. The molecule has 33 heavy (non-hydrogen) atoms. The van der Waals surface area contributed by atoms with E-state index in [1.165, 1.54) is 16.8 Å². The first-order valence-corrected chi connectivity index (χ1v) is 11.5. The number of nitrogens with zero attached hydrogens (tertiary/aromatic N) is 3. The fourth-order valence-corrected chi connectivity index (χ4v) is 4.95. The SMILES string of the molecule is Cc1c(-c2n(-c3c(C(C)C)cccc3C(C)C)c3ccccc3[n+]2C)ccc2oc(F)nc12. The van der Waals surface area contributed by atoms with Gasteiger partial charge in [0.1, 0.15) is 11.2 Å². The zero-order valence-corrected chi connectivity index (χ0v) is 20.0. The van der Waals surface area contributed by atoms with E-state index in [1.807, 2.05) is 19.1 Å². The molecular weight excluding hydrogens is 413 g/mol. The summed E-state index contributed by atoms with van der Waals surface area (Å²) in [5.41, 5.74) is 9.01. The minimum absolute atomic E-state index is 0.353. The van der Waals surface area contributed by atoms with Crippen LogP contribution in [0.2, 0.25) is 0 Å². The van der Waals surface area contributed by atoms with Crippen molar-refractivity contribution in [2.75, 3.05) is 0 Å². The van der Waals surface area contributed by atoms with Crippen molar-refractivity contribution in [1.82, 2.24) is 9.55 Å². The summed E-state index contributed by atoms with van der Waals surface area (Å²) in [6.07, 6.45) is -0.803. The predicted molar refractivity (Wildman–Crippen MR) is 130 cm³/mol. The largest absolute Gasteiger partial charge is 0.415 e. The van der Waals surface area contributed by atoms with Crippen molar-refractivity contribution in [1.29, 1.82) is 0 Å². The van der Waals surface area contributed by atoms with Gasteiger partial charge in [0.05, 0.1) is 12.6 Å². The van der Waals surface area contributed by atoms with Crippen molar-refractivity contribution in [3.05, 3.63) is 77.4 Å². The summed E-state index contributed by atoms with van der Waals surface area (Å²) in [6, 6.07) is 18.9. The first-order valence-electron chi connectivity index (χ1n) is 11.5. The molecule has 0 aliphatic carbocycles. The molecule has 0 atom stereocenters. The highest BCUT2D eigenvalue weighted by atomic mass is 19.1. The van der Waals surface area contributed by atoms with Crippen LogP contribution in [-0.2, 0) is 7.05 Å². The second-order valence-electron chi connectivity index (χ2n) is 9.35. The molecule has 2 heterocycles. The summed E-state index contributed by atoms with van der Waals surface area (Å²) in [6.45, 7) is 10.9. The smallest absolute Gasteiger partial charge is 0.382 e. The van der Waals surface area contributed by atoms with Crippen LogP contribution >= 0.6 is 0 Å². The highest BCUT2D eigenvalue weighted by Crippen LogP contribution is 2.38. The molecule has 5 heteroatoms. The van der Waals surface area contributed by atoms with Gasteiger partial charge in [0.15, 0.2) is 16.6 Å². The Morgan fingerprint density at radius 2 is 1.58 bits per heavy atom. The van der Waals surface area contributed by atoms with Gasteiger partial charge in [-0.2, -0.15) is 9.55 Å². The molecule has 5 rings (SSSR count). The fourth-order valence-electron chi connectivity index (χ4n) is 4.95.